The summed E-state index contributed by atoms with van der Waals surface area (Å²) in [6.45, 7) is 7.52. The van der Waals surface area contributed by atoms with Crippen molar-refractivity contribution in [1.29, 1.82) is 0 Å². The highest BCUT2D eigenvalue weighted by molar-refractivity contribution is 9.10. The summed E-state index contributed by atoms with van der Waals surface area (Å²) in [4.78, 5) is 18.9. The van der Waals surface area contributed by atoms with Crippen LogP contribution in [-0.4, -0.2) is 22.8 Å². The van der Waals surface area contributed by atoms with Crippen molar-refractivity contribution >= 4 is 27.7 Å². The first-order valence-electron chi connectivity index (χ1n) is 8.50. The van der Waals surface area contributed by atoms with E-state index in [9.17, 15) is 4.79 Å². The fourth-order valence-corrected chi connectivity index (χ4v) is 2.70. The van der Waals surface area contributed by atoms with E-state index in [0.29, 0.717) is 5.82 Å². The molecule has 0 bridgehead atoms. The van der Waals surface area contributed by atoms with E-state index in [1.165, 1.54) is 5.56 Å². The zero-order valence-corrected chi connectivity index (χ0v) is 16.9. The molecule has 4 nitrogen and oxygen atoms in total. The van der Waals surface area contributed by atoms with Crippen molar-refractivity contribution in [3.8, 4) is 0 Å². The van der Waals surface area contributed by atoms with Gasteiger partial charge < -0.3 is 5.32 Å². The fourth-order valence-electron chi connectivity index (χ4n) is 2.36. The van der Waals surface area contributed by atoms with Crippen LogP contribution in [0.25, 0.3) is 0 Å². The number of carbonyl (C=O) groups excluding carboxylic acids is 1. The van der Waals surface area contributed by atoms with Gasteiger partial charge in [-0.25, -0.2) is 4.98 Å². The molecule has 1 aromatic heterocycles. The normalized spacial score (nSPS) is 11.6. The molecule has 2 aromatic rings. The molecule has 0 unspecified atom stereocenters. The molecule has 0 spiro atoms. The molecule has 0 aliphatic rings. The molecule has 0 aliphatic carbocycles. The lowest BCUT2D eigenvalue weighted by Crippen LogP contribution is -2.30. The van der Waals surface area contributed by atoms with Gasteiger partial charge in [-0.1, -0.05) is 51.1 Å². The molecule has 1 N–H and O–H groups in total. The number of rotatable bonds is 7. The second kappa shape index (κ2) is 8.59. The molecule has 1 aromatic carbocycles. The number of nitrogens with zero attached hydrogens (tertiary/aromatic N) is 2. The Hall–Kier alpha value is -1.72. The van der Waals surface area contributed by atoms with Gasteiger partial charge in [-0.15, -0.1) is 0 Å². The molecule has 0 radical (unpaired) electrons. The van der Waals surface area contributed by atoms with E-state index in [-0.39, 0.29) is 5.91 Å². The molecule has 134 valence electrons. The third kappa shape index (κ3) is 5.65. The minimum Gasteiger partial charge on any atom is -0.310 e. The summed E-state index contributed by atoms with van der Waals surface area (Å²) >= 11 is 3.56. The Morgan fingerprint density at radius 3 is 2.56 bits per heavy atom. The molecule has 0 saturated carbocycles. The van der Waals surface area contributed by atoms with Gasteiger partial charge in [-0.2, -0.15) is 0 Å². The molecule has 25 heavy (non-hydrogen) atoms. The molecule has 2 rings (SSSR count). The molecule has 5 heteroatoms. The Balaban J connectivity index is 2.07. The Morgan fingerprint density at radius 1 is 1.24 bits per heavy atom. The van der Waals surface area contributed by atoms with Crippen molar-refractivity contribution in [3.05, 3.63) is 58.2 Å². The number of hydrogen-bond donors (Lipinski definition) is 1. The van der Waals surface area contributed by atoms with Crippen LogP contribution in [0.3, 0.4) is 0 Å². The Morgan fingerprint density at radius 2 is 1.92 bits per heavy atom. The van der Waals surface area contributed by atoms with Crippen LogP contribution in [0, 0.1) is 5.41 Å². The summed E-state index contributed by atoms with van der Waals surface area (Å²) < 4.78 is 0.945. The average Bonchev–Trinajstić information content (AvgIpc) is 2.58. The van der Waals surface area contributed by atoms with Crippen LogP contribution in [0.5, 0.6) is 0 Å². The molecule has 1 amide bonds. The summed E-state index contributed by atoms with van der Waals surface area (Å²) in [5.41, 5.74) is 1.96. The first-order valence-corrected chi connectivity index (χ1v) is 9.29. The number of anilines is 1. The highest BCUT2D eigenvalue weighted by Gasteiger charge is 2.25. The van der Waals surface area contributed by atoms with Crippen LogP contribution < -0.4 is 5.32 Å². The average molecular weight is 404 g/mol. The van der Waals surface area contributed by atoms with E-state index in [1.54, 1.807) is 6.20 Å². The van der Waals surface area contributed by atoms with Gasteiger partial charge in [0.05, 0.1) is 0 Å². The van der Waals surface area contributed by atoms with Crippen LogP contribution in [0.2, 0.25) is 0 Å². The number of pyridine rings is 1. The van der Waals surface area contributed by atoms with Gasteiger partial charge in [0.2, 0.25) is 5.91 Å². The zero-order valence-electron chi connectivity index (χ0n) is 15.3. The molecule has 1 heterocycles. The second-order valence-corrected chi connectivity index (χ2v) is 7.86. The van der Waals surface area contributed by atoms with E-state index in [0.717, 1.165) is 29.5 Å². The summed E-state index contributed by atoms with van der Waals surface area (Å²) in [5, 5.41) is 2.93. The summed E-state index contributed by atoms with van der Waals surface area (Å²) in [6.07, 6.45) is 2.53. The predicted molar refractivity (Wildman–Crippen MR) is 106 cm³/mol. The van der Waals surface area contributed by atoms with Crippen molar-refractivity contribution in [2.45, 2.75) is 40.3 Å². The summed E-state index contributed by atoms with van der Waals surface area (Å²) in [7, 11) is 2.08. The second-order valence-electron chi connectivity index (χ2n) is 7.01. The molecule has 0 atom stereocenters. The van der Waals surface area contributed by atoms with Crippen LogP contribution in [0.1, 0.15) is 38.3 Å². The smallest absolute Gasteiger partial charge is 0.231 e. The van der Waals surface area contributed by atoms with Gasteiger partial charge in [-0.3, -0.25) is 9.69 Å². The van der Waals surface area contributed by atoms with E-state index in [2.05, 4.69) is 62.4 Å². The molecule has 0 saturated heterocycles. The molecular weight excluding hydrogens is 378 g/mol. The largest absolute Gasteiger partial charge is 0.310 e. The van der Waals surface area contributed by atoms with Crippen LogP contribution in [0.15, 0.2) is 47.1 Å². The van der Waals surface area contributed by atoms with Gasteiger partial charge in [0, 0.05) is 29.2 Å². The van der Waals surface area contributed by atoms with Crippen LogP contribution >= 0.6 is 15.9 Å². The van der Waals surface area contributed by atoms with E-state index in [1.807, 2.05) is 32.9 Å². The summed E-state index contributed by atoms with van der Waals surface area (Å²) in [5.74, 6) is 0.589. The third-order valence-electron chi connectivity index (χ3n) is 4.41. The minimum absolute atomic E-state index is 0.00610. The summed E-state index contributed by atoms with van der Waals surface area (Å²) in [6, 6.07) is 12.3. The zero-order chi connectivity index (χ0) is 18.4. The van der Waals surface area contributed by atoms with Crippen molar-refractivity contribution < 1.29 is 4.79 Å². The number of amides is 1. The highest BCUT2D eigenvalue weighted by atomic mass is 79.9. The quantitative estimate of drug-likeness (QED) is 0.718. The highest BCUT2D eigenvalue weighted by Crippen LogP contribution is 2.24. The van der Waals surface area contributed by atoms with Crippen molar-refractivity contribution in [1.82, 2.24) is 9.88 Å². The third-order valence-corrected chi connectivity index (χ3v) is 5.12. The Labute approximate surface area is 158 Å². The molecular formula is C20H26BrN3O. The lowest BCUT2D eigenvalue weighted by molar-refractivity contribution is -0.124. The predicted octanol–water partition coefficient (Wildman–Crippen LogP) is 4.85. The maximum absolute atomic E-state index is 12.4. The van der Waals surface area contributed by atoms with Crippen LogP contribution in [0.4, 0.5) is 5.82 Å². The first-order chi connectivity index (χ1) is 11.8. The monoisotopic (exact) mass is 403 g/mol. The Bertz CT molecular complexity index is 716. The molecule has 0 fully saturated rings. The number of aromatic nitrogens is 1. The Kier molecular flexibility index (Phi) is 6.73. The number of benzene rings is 1. The van der Waals surface area contributed by atoms with Crippen molar-refractivity contribution in [2.24, 2.45) is 5.41 Å². The number of hydrogen-bond acceptors (Lipinski definition) is 3. The lowest BCUT2D eigenvalue weighted by Gasteiger charge is -2.22. The van der Waals surface area contributed by atoms with Crippen molar-refractivity contribution in [2.75, 3.05) is 12.4 Å². The molecule has 0 aliphatic heterocycles. The van der Waals surface area contributed by atoms with Gasteiger partial charge in [0.25, 0.3) is 0 Å². The lowest BCUT2D eigenvalue weighted by atomic mass is 9.89. The van der Waals surface area contributed by atoms with E-state index < -0.39 is 5.41 Å². The van der Waals surface area contributed by atoms with E-state index in [4.69, 9.17) is 0 Å². The maximum Gasteiger partial charge on any atom is 0.231 e. The number of carbonyl (C=O) groups is 1. The van der Waals surface area contributed by atoms with Gasteiger partial charge in [0.1, 0.15) is 5.82 Å². The van der Waals surface area contributed by atoms with Gasteiger partial charge in [-0.05, 0) is 46.6 Å². The van der Waals surface area contributed by atoms with Crippen molar-refractivity contribution in [3.63, 3.8) is 0 Å². The standard InChI is InChI=1S/C20H26BrN3O/c1-5-20(2,3)19(25)23-18-11-16(17(21)12-22-18)14-24(4)13-15-9-7-6-8-10-15/h6-12H,5,13-14H2,1-4H3,(H,22,23,25). The van der Waals surface area contributed by atoms with E-state index >= 15 is 0 Å². The van der Waals surface area contributed by atoms with Crippen LogP contribution in [-0.2, 0) is 17.9 Å². The maximum atomic E-state index is 12.4. The van der Waals surface area contributed by atoms with Gasteiger partial charge in [0.15, 0.2) is 0 Å². The SMILES string of the molecule is CCC(C)(C)C(=O)Nc1cc(CN(C)Cc2ccccc2)c(Br)cn1. The minimum atomic E-state index is -0.404. The fraction of sp³-hybridized carbons (Fsp3) is 0.400. The van der Waals surface area contributed by atoms with Gasteiger partial charge >= 0.3 is 0 Å². The number of halogens is 1. The topological polar surface area (TPSA) is 45.2 Å². The first kappa shape index (κ1) is 19.6. The number of nitrogens with one attached hydrogen (secondary N) is 1.